The van der Waals surface area contributed by atoms with Crippen LogP contribution in [0.2, 0.25) is 0 Å². The van der Waals surface area contributed by atoms with Crippen molar-refractivity contribution in [2.45, 2.75) is 32.7 Å². The van der Waals surface area contributed by atoms with Crippen molar-refractivity contribution in [2.24, 2.45) is 16.6 Å². The molecule has 0 spiro atoms. The second-order valence-corrected chi connectivity index (χ2v) is 6.01. The highest BCUT2D eigenvalue weighted by atomic mass is 16.1. The Morgan fingerprint density at radius 2 is 2.32 bits per heavy atom. The normalized spacial score (nSPS) is 19.1. The van der Waals surface area contributed by atoms with Crippen LogP contribution in [-0.2, 0) is 11.3 Å². The lowest BCUT2D eigenvalue weighted by Crippen LogP contribution is -2.46. The van der Waals surface area contributed by atoms with Gasteiger partial charge in [-0.05, 0) is 31.2 Å². The topological polar surface area (TPSA) is 70.7 Å². The van der Waals surface area contributed by atoms with Crippen molar-refractivity contribution < 1.29 is 4.79 Å². The number of piperidine rings is 1. The molecule has 2 rings (SSSR count). The number of nitrogens with two attached hydrogens (primary N) is 1. The minimum absolute atomic E-state index is 0.213. The summed E-state index contributed by atoms with van der Waals surface area (Å²) < 4.78 is 0. The van der Waals surface area contributed by atoms with Gasteiger partial charge in [0.2, 0.25) is 5.91 Å². The molecule has 1 aromatic rings. The van der Waals surface area contributed by atoms with E-state index in [2.05, 4.69) is 46.4 Å². The zero-order valence-electron chi connectivity index (χ0n) is 13.5. The number of aliphatic imine (C=N–C) groups is 1. The second-order valence-electron chi connectivity index (χ2n) is 6.01. The van der Waals surface area contributed by atoms with Crippen molar-refractivity contribution in [3.05, 3.63) is 35.4 Å². The van der Waals surface area contributed by atoms with Crippen molar-refractivity contribution in [1.29, 1.82) is 0 Å². The smallest absolute Gasteiger partial charge is 0.217 e. The highest BCUT2D eigenvalue weighted by Gasteiger charge is 2.23. The lowest BCUT2D eigenvalue weighted by molar-refractivity contribution is -0.119. The zero-order valence-corrected chi connectivity index (χ0v) is 13.5. The molecule has 1 aromatic carbocycles. The van der Waals surface area contributed by atoms with Gasteiger partial charge in [-0.15, -0.1) is 0 Å². The molecule has 5 heteroatoms. The Bertz CT molecular complexity index is 541. The van der Waals surface area contributed by atoms with Gasteiger partial charge < -0.3 is 16.0 Å². The first-order valence-corrected chi connectivity index (χ1v) is 7.88. The van der Waals surface area contributed by atoms with Crippen LogP contribution in [0.5, 0.6) is 0 Å². The molecule has 1 saturated heterocycles. The van der Waals surface area contributed by atoms with Crippen LogP contribution < -0.4 is 11.1 Å². The van der Waals surface area contributed by atoms with E-state index in [-0.39, 0.29) is 5.91 Å². The van der Waals surface area contributed by atoms with Gasteiger partial charge in [0.1, 0.15) is 0 Å². The van der Waals surface area contributed by atoms with Gasteiger partial charge >= 0.3 is 0 Å². The number of carbonyl (C=O) groups is 1. The van der Waals surface area contributed by atoms with E-state index in [4.69, 9.17) is 5.73 Å². The number of amides is 1. The van der Waals surface area contributed by atoms with Crippen LogP contribution in [0.3, 0.4) is 0 Å². The summed E-state index contributed by atoms with van der Waals surface area (Å²) in [7, 11) is 1.80. The number of guanidine groups is 1. The minimum Gasteiger partial charge on any atom is -0.370 e. The first-order chi connectivity index (χ1) is 10.6. The Morgan fingerprint density at radius 1 is 1.50 bits per heavy atom. The van der Waals surface area contributed by atoms with Gasteiger partial charge in [0, 0.05) is 33.1 Å². The number of nitrogens with zero attached hydrogens (tertiary/aromatic N) is 2. The minimum atomic E-state index is -0.213. The van der Waals surface area contributed by atoms with Gasteiger partial charge in [-0.1, -0.05) is 29.8 Å². The van der Waals surface area contributed by atoms with Crippen molar-refractivity contribution in [1.82, 2.24) is 10.2 Å². The van der Waals surface area contributed by atoms with Crippen LogP contribution in [-0.4, -0.2) is 36.9 Å². The fraction of sp³-hybridized carbons (Fsp3) is 0.529. The van der Waals surface area contributed by atoms with Gasteiger partial charge in [-0.3, -0.25) is 9.79 Å². The van der Waals surface area contributed by atoms with E-state index >= 15 is 0 Å². The summed E-state index contributed by atoms with van der Waals surface area (Å²) in [6.07, 6.45) is 2.60. The number of hydrogen-bond donors (Lipinski definition) is 2. The molecule has 1 aliphatic rings. The fourth-order valence-corrected chi connectivity index (χ4v) is 3.04. The molecule has 1 unspecified atom stereocenters. The highest BCUT2D eigenvalue weighted by molar-refractivity contribution is 5.80. The first-order valence-electron chi connectivity index (χ1n) is 7.88. The Kier molecular flexibility index (Phi) is 5.81. The number of hydrogen-bond acceptors (Lipinski definition) is 2. The lowest BCUT2D eigenvalue weighted by Gasteiger charge is -2.34. The Labute approximate surface area is 132 Å². The lowest BCUT2D eigenvalue weighted by atomic mass is 9.95. The Morgan fingerprint density at radius 3 is 3.00 bits per heavy atom. The molecule has 0 radical (unpaired) electrons. The average molecular weight is 302 g/mol. The molecule has 22 heavy (non-hydrogen) atoms. The molecular weight excluding hydrogens is 276 g/mol. The van der Waals surface area contributed by atoms with Crippen LogP contribution in [0.15, 0.2) is 29.3 Å². The molecule has 0 bridgehead atoms. The highest BCUT2D eigenvalue weighted by Crippen LogP contribution is 2.19. The molecule has 1 aliphatic heterocycles. The molecule has 0 saturated carbocycles. The van der Waals surface area contributed by atoms with E-state index in [0.29, 0.717) is 12.3 Å². The fourth-order valence-electron chi connectivity index (χ4n) is 3.04. The first kappa shape index (κ1) is 16.3. The van der Waals surface area contributed by atoms with Gasteiger partial charge in [-0.2, -0.15) is 0 Å². The molecule has 1 atom stereocenters. The third-order valence-corrected chi connectivity index (χ3v) is 4.05. The van der Waals surface area contributed by atoms with Gasteiger partial charge in [0.15, 0.2) is 5.96 Å². The number of benzene rings is 1. The summed E-state index contributed by atoms with van der Waals surface area (Å²) in [5, 5.41) is 3.42. The Hall–Kier alpha value is -2.04. The second kappa shape index (κ2) is 7.82. The van der Waals surface area contributed by atoms with Gasteiger partial charge in [-0.25, -0.2) is 0 Å². The van der Waals surface area contributed by atoms with Gasteiger partial charge in [0.25, 0.3) is 0 Å². The number of aryl methyl sites for hydroxylation is 1. The SMILES string of the molecule is CN=C(NCc1cccc(C)c1)N1CCCC(CC(N)=O)C1. The maximum absolute atomic E-state index is 11.1. The molecule has 120 valence electrons. The van der Waals surface area contributed by atoms with Crippen LogP contribution in [0.1, 0.15) is 30.4 Å². The monoisotopic (exact) mass is 302 g/mol. The van der Waals surface area contributed by atoms with Gasteiger partial charge in [0.05, 0.1) is 0 Å². The standard InChI is InChI=1S/C17H26N4O/c1-13-5-3-6-14(9-13)11-20-17(19-2)21-8-4-7-15(12-21)10-16(18)22/h3,5-6,9,15H,4,7-8,10-12H2,1-2H3,(H2,18,22)(H,19,20). The molecule has 1 amide bonds. The Balaban J connectivity index is 1.92. The van der Waals surface area contributed by atoms with E-state index in [1.165, 1.54) is 11.1 Å². The zero-order chi connectivity index (χ0) is 15.9. The van der Waals surface area contributed by atoms with Crippen molar-refractivity contribution in [2.75, 3.05) is 20.1 Å². The summed E-state index contributed by atoms with van der Waals surface area (Å²) in [4.78, 5) is 17.7. The van der Waals surface area contributed by atoms with E-state index in [1.807, 2.05) is 0 Å². The number of primary amides is 1. The van der Waals surface area contributed by atoms with Crippen LogP contribution in [0, 0.1) is 12.8 Å². The molecule has 3 N–H and O–H groups in total. The third kappa shape index (κ3) is 4.76. The largest absolute Gasteiger partial charge is 0.370 e. The molecule has 0 aliphatic carbocycles. The number of carbonyl (C=O) groups excluding carboxylic acids is 1. The molecule has 0 aromatic heterocycles. The van der Waals surface area contributed by atoms with Crippen LogP contribution in [0.25, 0.3) is 0 Å². The maximum Gasteiger partial charge on any atom is 0.217 e. The predicted octanol–water partition coefficient (Wildman–Crippen LogP) is 1.66. The number of likely N-dealkylation sites (tertiary alicyclic amines) is 1. The molecule has 1 fully saturated rings. The van der Waals surface area contributed by atoms with E-state index < -0.39 is 0 Å². The van der Waals surface area contributed by atoms with E-state index in [0.717, 1.165) is 38.4 Å². The summed E-state index contributed by atoms with van der Waals surface area (Å²) in [5.41, 5.74) is 7.82. The predicted molar refractivity (Wildman–Crippen MR) is 89.5 cm³/mol. The van der Waals surface area contributed by atoms with Crippen molar-refractivity contribution >= 4 is 11.9 Å². The number of nitrogens with one attached hydrogen (secondary N) is 1. The average Bonchev–Trinajstić information content (AvgIpc) is 2.48. The van der Waals surface area contributed by atoms with Crippen LogP contribution >= 0.6 is 0 Å². The van der Waals surface area contributed by atoms with E-state index in [9.17, 15) is 4.79 Å². The third-order valence-electron chi connectivity index (χ3n) is 4.05. The summed E-state index contributed by atoms with van der Waals surface area (Å²) >= 11 is 0. The van der Waals surface area contributed by atoms with E-state index in [1.54, 1.807) is 7.05 Å². The molecule has 5 nitrogen and oxygen atoms in total. The maximum atomic E-state index is 11.1. The van der Waals surface area contributed by atoms with Crippen molar-refractivity contribution in [3.63, 3.8) is 0 Å². The van der Waals surface area contributed by atoms with Crippen molar-refractivity contribution in [3.8, 4) is 0 Å². The summed E-state index contributed by atoms with van der Waals surface area (Å²) in [5.74, 6) is 1.02. The number of rotatable bonds is 4. The quantitative estimate of drug-likeness (QED) is 0.656. The summed E-state index contributed by atoms with van der Waals surface area (Å²) in [6.45, 7) is 4.67. The molecule has 1 heterocycles. The molecular formula is C17H26N4O. The summed E-state index contributed by atoms with van der Waals surface area (Å²) in [6, 6.07) is 8.45. The van der Waals surface area contributed by atoms with Crippen LogP contribution in [0.4, 0.5) is 0 Å².